The molecule has 1 aliphatic rings. The van der Waals surface area contributed by atoms with Crippen LogP contribution in [0, 0.1) is 0 Å². The van der Waals surface area contributed by atoms with Crippen molar-refractivity contribution in [3.8, 4) is 5.75 Å². The van der Waals surface area contributed by atoms with Crippen molar-refractivity contribution in [3.05, 3.63) is 69.5 Å². The van der Waals surface area contributed by atoms with Gasteiger partial charge < -0.3 is 9.84 Å². The predicted octanol–water partition coefficient (Wildman–Crippen LogP) is 2.26. The lowest BCUT2D eigenvalue weighted by atomic mass is 10.1. The minimum atomic E-state index is -0.912. The van der Waals surface area contributed by atoms with Crippen molar-refractivity contribution in [2.75, 3.05) is 13.2 Å². The van der Waals surface area contributed by atoms with Gasteiger partial charge in [0.2, 0.25) is 0 Å². The van der Waals surface area contributed by atoms with Crippen LogP contribution in [0.3, 0.4) is 0 Å². The fourth-order valence-corrected chi connectivity index (χ4v) is 3.59. The number of nitrogens with zero attached hydrogens (tertiary/aromatic N) is 5. The van der Waals surface area contributed by atoms with E-state index in [-0.39, 0.29) is 37.9 Å². The number of ether oxygens (including phenoxy) is 1. The lowest BCUT2D eigenvalue weighted by Gasteiger charge is -2.13. The zero-order valence-corrected chi connectivity index (χ0v) is 17.6. The van der Waals surface area contributed by atoms with Gasteiger partial charge in [-0.3, -0.25) is 14.5 Å². The molecule has 9 nitrogen and oxygen atoms in total. The van der Waals surface area contributed by atoms with Crippen LogP contribution in [0.25, 0.3) is 0 Å². The second kappa shape index (κ2) is 9.01. The zero-order chi connectivity index (χ0) is 22.0. The summed E-state index contributed by atoms with van der Waals surface area (Å²) in [6.45, 7) is 0.150. The van der Waals surface area contributed by atoms with E-state index in [2.05, 4.69) is 15.4 Å². The quantitative estimate of drug-likeness (QED) is 0.512. The summed E-state index contributed by atoms with van der Waals surface area (Å²) >= 11 is 11.9. The maximum absolute atomic E-state index is 12.4. The monoisotopic (exact) mass is 461 g/mol. The standard InChI is InChI=1S/C20H17Cl2N5O4/c21-12-5-6-17(16(22)9-12)31-11-13(28)10-27-24-18(23-25-27)7-8-26-19(29)14-3-1-2-4-15(14)20(26)30/h1-6,9,13,28H,7-8,10-11H2/t13-/m1/s1. The lowest BCUT2D eigenvalue weighted by molar-refractivity contribution is 0.0655. The zero-order valence-electron chi connectivity index (χ0n) is 16.1. The van der Waals surface area contributed by atoms with Crippen LogP contribution in [0.4, 0.5) is 0 Å². The van der Waals surface area contributed by atoms with Crippen molar-refractivity contribution < 1.29 is 19.4 Å². The average molecular weight is 462 g/mol. The highest BCUT2D eigenvalue weighted by molar-refractivity contribution is 6.35. The first-order chi connectivity index (χ1) is 14.9. The van der Waals surface area contributed by atoms with Crippen molar-refractivity contribution in [3.63, 3.8) is 0 Å². The molecule has 0 radical (unpaired) electrons. The number of benzene rings is 2. The van der Waals surface area contributed by atoms with E-state index in [1.54, 1.807) is 42.5 Å². The lowest BCUT2D eigenvalue weighted by Crippen LogP contribution is -2.32. The highest BCUT2D eigenvalue weighted by Crippen LogP contribution is 2.27. The van der Waals surface area contributed by atoms with Gasteiger partial charge >= 0.3 is 0 Å². The third kappa shape index (κ3) is 4.68. The van der Waals surface area contributed by atoms with Crippen LogP contribution in [0.1, 0.15) is 26.5 Å². The van der Waals surface area contributed by atoms with Gasteiger partial charge in [0.25, 0.3) is 11.8 Å². The normalized spacial score (nSPS) is 14.1. The van der Waals surface area contributed by atoms with Gasteiger partial charge in [0.1, 0.15) is 18.5 Å². The van der Waals surface area contributed by atoms with Gasteiger partial charge in [-0.15, -0.1) is 10.2 Å². The van der Waals surface area contributed by atoms with E-state index in [0.717, 1.165) is 0 Å². The highest BCUT2D eigenvalue weighted by atomic mass is 35.5. The van der Waals surface area contributed by atoms with E-state index in [0.29, 0.717) is 32.7 Å². The molecule has 31 heavy (non-hydrogen) atoms. The first kappa shape index (κ1) is 21.2. The maximum Gasteiger partial charge on any atom is 0.261 e. The van der Waals surface area contributed by atoms with Crippen LogP contribution in [0.2, 0.25) is 10.0 Å². The molecule has 0 saturated heterocycles. The molecule has 0 unspecified atom stereocenters. The number of fused-ring (bicyclic) bond motifs is 1. The summed E-state index contributed by atoms with van der Waals surface area (Å²) in [5.41, 5.74) is 0.793. The molecule has 11 heteroatoms. The van der Waals surface area contributed by atoms with Gasteiger partial charge in [-0.1, -0.05) is 35.3 Å². The fourth-order valence-electron chi connectivity index (χ4n) is 3.13. The van der Waals surface area contributed by atoms with Crippen LogP contribution >= 0.6 is 23.2 Å². The van der Waals surface area contributed by atoms with E-state index in [4.69, 9.17) is 27.9 Å². The Morgan fingerprint density at radius 2 is 1.77 bits per heavy atom. The molecule has 0 spiro atoms. The van der Waals surface area contributed by atoms with Gasteiger partial charge in [0.05, 0.1) is 22.7 Å². The molecule has 3 aromatic rings. The molecule has 2 aromatic carbocycles. The Hall–Kier alpha value is -3.01. The van der Waals surface area contributed by atoms with E-state index in [1.165, 1.54) is 9.70 Å². The summed E-state index contributed by atoms with van der Waals surface area (Å²) in [5, 5.41) is 23.0. The Bertz CT molecular complexity index is 1100. The molecule has 0 fully saturated rings. The van der Waals surface area contributed by atoms with Gasteiger partial charge in [-0.2, -0.15) is 4.80 Å². The van der Waals surface area contributed by atoms with Crippen molar-refractivity contribution in [1.82, 2.24) is 25.1 Å². The number of tetrazole rings is 1. The summed E-state index contributed by atoms with van der Waals surface area (Å²) in [5.74, 6) is 0.0894. The number of amides is 2. The van der Waals surface area contributed by atoms with E-state index in [9.17, 15) is 14.7 Å². The molecule has 0 bridgehead atoms. The topological polar surface area (TPSA) is 110 Å². The summed E-state index contributed by atoms with van der Waals surface area (Å²) in [4.78, 5) is 27.2. The van der Waals surface area contributed by atoms with Gasteiger partial charge in [-0.25, -0.2) is 0 Å². The number of halogens is 2. The second-order valence-electron chi connectivity index (χ2n) is 6.86. The molecule has 4 rings (SSSR count). The van der Waals surface area contributed by atoms with E-state index < -0.39 is 6.10 Å². The van der Waals surface area contributed by atoms with Crippen molar-refractivity contribution in [2.45, 2.75) is 19.1 Å². The molecule has 0 aliphatic carbocycles. The maximum atomic E-state index is 12.4. The largest absolute Gasteiger partial charge is 0.489 e. The summed E-state index contributed by atoms with van der Waals surface area (Å²) in [6, 6.07) is 11.5. The summed E-state index contributed by atoms with van der Waals surface area (Å²) in [6.07, 6.45) is -0.664. The van der Waals surface area contributed by atoms with Crippen molar-refractivity contribution in [1.29, 1.82) is 0 Å². The summed E-state index contributed by atoms with van der Waals surface area (Å²) < 4.78 is 5.49. The van der Waals surface area contributed by atoms with Crippen LogP contribution in [-0.2, 0) is 13.0 Å². The highest BCUT2D eigenvalue weighted by Gasteiger charge is 2.34. The molecule has 2 heterocycles. The molecule has 0 saturated carbocycles. The van der Waals surface area contributed by atoms with Gasteiger partial charge in [-0.05, 0) is 35.5 Å². The van der Waals surface area contributed by atoms with Gasteiger partial charge in [0, 0.05) is 18.0 Å². The molecule has 1 aliphatic heterocycles. The first-order valence-corrected chi connectivity index (χ1v) is 10.2. The number of aliphatic hydroxyl groups is 1. The summed E-state index contributed by atoms with van der Waals surface area (Å²) in [7, 11) is 0. The smallest absolute Gasteiger partial charge is 0.261 e. The van der Waals surface area contributed by atoms with Crippen LogP contribution < -0.4 is 4.74 Å². The molecule has 1 aromatic heterocycles. The Kier molecular flexibility index (Phi) is 6.17. The second-order valence-corrected chi connectivity index (χ2v) is 7.70. The third-order valence-corrected chi connectivity index (χ3v) is 5.16. The van der Waals surface area contributed by atoms with Crippen LogP contribution in [-0.4, -0.2) is 61.3 Å². The molecule has 1 N–H and O–H groups in total. The van der Waals surface area contributed by atoms with Crippen molar-refractivity contribution in [2.24, 2.45) is 0 Å². The van der Waals surface area contributed by atoms with Crippen LogP contribution in [0.15, 0.2) is 42.5 Å². The Morgan fingerprint density at radius 1 is 1.06 bits per heavy atom. The molecule has 160 valence electrons. The molecular weight excluding hydrogens is 445 g/mol. The first-order valence-electron chi connectivity index (χ1n) is 9.40. The predicted molar refractivity (Wildman–Crippen MR) is 111 cm³/mol. The third-order valence-electron chi connectivity index (χ3n) is 4.63. The van der Waals surface area contributed by atoms with E-state index in [1.807, 2.05) is 0 Å². The SMILES string of the molecule is O=C1c2ccccc2C(=O)N1CCc1nnn(C[C@@H](O)COc2ccc(Cl)cc2Cl)n1. The van der Waals surface area contributed by atoms with E-state index >= 15 is 0 Å². The minimum Gasteiger partial charge on any atom is -0.489 e. The Labute approximate surface area is 187 Å². The fraction of sp³-hybridized carbons (Fsp3) is 0.250. The average Bonchev–Trinajstić information content (AvgIpc) is 3.29. The Morgan fingerprint density at radius 3 is 2.45 bits per heavy atom. The number of rotatable bonds is 8. The number of hydrogen-bond donors (Lipinski definition) is 1. The molecule has 2 amide bonds. The molecule has 1 atom stereocenters. The molecular formula is C20H17Cl2N5O4. The number of carbonyl (C=O) groups is 2. The minimum absolute atomic E-state index is 0.0345. The number of hydrogen-bond acceptors (Lipinski definition) is 7. The Balaban J connectivity index is 1.29. The number of aromatic nitrogens is 4. The van der Waals surface area contributed by atoms with Crippen molar-refractivity contribution >= 4 is 35.0 Å². The number of aliphatic hydroxyl groups excluding tert-OH is 1. The van der Waals surface area contributed by atoms with Gasteiger partial charge in [0.15, 0.2) is 5.82 Å². The number of imide groups is 1. The number of carbonyl (C=O) groups excluding carboxylic acids is 2. The van der Waals surface area contributed by atoms with Crippen LogP contribution in [0.5, 0.6) is 5.75 Å².